The molecule has 0 spiro atoms. The summed E-state index contributed by atoms with van der Waals surface area (Å²) in [4.78, 5) is 22.4. The average Bonchev–Trinajstić information content (AvgIpc) is 2.99. The van der Waals surface area contributed by atoms with Gasteiger partial charge in [-0.3, -0.25) is 0 Å². The Kier molecular flexibility index (Phi) is 5.64. The van der Waals surface area contributed by atoms with Gasteiger partial charge in [0.15, 0.2) is 0 Å². The van der Waals surface area contributed by atoms with E-state index in [-0.39, 0.29) is 11.1 Å². The van der Waals surface area contributed by atoms with Crippen molar-refractivity contribution in [3.63, 3.8) is 0 Å². The maximum Gasteiger partial charge on any atom is 0.335 e. The first-order valence-corrected chi connectivity index (χ1v) is 13.5. The van der Waals surface area contributed by atoms with Crippen molar-refractivity contribution >= 4 is 55.9 Å². The average molecular weight is 523 g/mol. The normalized spacial score (nSPS) is 15.1. The van der Waals surface area contributed by atoms with Crippen LogP contribution in [0.1, 0.15) is 44.7 Å². The molecule has 0 heterocycles. The summed E-state index contributed by atoms with van der Waals surface area (Å²) in [7, 11) is 0. The summed E-state index contributed by atoms with van der Waals surface area (Å²) in [5, 5.41) is 26.6. The summed E-state index contributed by atoms with van der Waals surface area (Å²) >= 11 is 0. The standard InChI is InChI=1S/C18H10O4.C18H16/c19-17(20)13-5-9-1-2-10-6-14(18(21)22)8-12-4-3-11(7-13)15(9)16(10)12;1-3-7-15-13(5-1)9-11-18-16-8-4-2-6-14(16)10-12-17(15)18/h1-8H,(H,19,20)(H,21,22);1-3,5-6,9-11H,4,7-8,12H2. The van der Waals surface area contributed by atoms with E-state index in [0.29, 0.717) is 0 Å². The number of carboxylic acid groups (broad SMARTS) is 2. The van der Waals surface area contributed by atoms with Gasteiger partial charge in [-0.1, -0.05) is 72.9 Å². The van der Waals surface area contributed by atoms with Crippen LogP contribution in [0.4, 0.5) is 0 Å². The van der Waals surface area contributed by atoms with Crippen molar-refractivity contribution in [3.8, 4) is 0 Å². The number of allylic oxidation sites excluding steroid dienone is 6. The Labute approximate surface area is 230 Å². The highest BCUT2D eigenvalue weighted by molar-refractivity contribution is 6.24. The fourth-order valence-electron chi connectivity index (χ4n) is 6.44. The van der Waals surface area contributed by atoms with Crippen LogP contribution in [0.25, 0.3) is 44.0 Å². The molecule has 194 valence electrons. The van der Waals surface area contributed by atoms with E-state index in [1.54, 1.807) is 41.0 Å². The first kappa shape index (κ1) is 24.1. The fraction of sp³-hybridized carbons (Fsp3) is 0.111. The summed E-state index contributed by atoms with van der Waals surface area (Å²) in [5.41, 5.74) is 6.64. The van der Waals surface area contributed by atoms with Gasteiger partial charge in [0.05, 0.1) is 11.1 Å². The van der Waals surface area contributed by atoms with Crippen LogP contribution in [0.15, 0.2) is 96.6 Å². The predicted octanol–water partition coefficient (Wildman–Crippen LogP) is 6.54. The fourth-order valence-corrected chi connectivity index (χ4v) is 6.44. The topological polar surface area (TPSA) is 74.6 Å². The van der Waals surface area contributed by atoms with Crippen LogP contribution in [0, 0.1) is 0 Å². The van der Waals surface area contributed by atoms with Gasteiger partial charge in [0.2, 0.25) is 0 Å². The highest BCUT2D eigenvalue weighted by atomic mass is 16.4. The number of hydrogen-bond donors (Lipinski definition) is 2. The molecule has 4 nitrogen and oxygen atoms in total. The van der Waals surface area contributed by atoms with Crippen LogP contribution >= 0.6 is 0 Å². The molecule has 0 amide bonds. The molecule has 0 radical (unpaired) electrons. The van der Waals surface area contributed by atoms with E-state index in [1.165, 1.54) is 28.9 Å². The number of carbonyl (C=O) groups is 2. The minimum Gasteiger partial charge on any atom is -0.478 e. The first-order valence-electron chi connectivity index (χ1n) is 13.5. The molecule has 0 aromatic heterocycles. The van der Waals surface area contributed by atoms with Gasteiger partial charge < -0.3 is 10.2 Å². The summed E-state index contributed by atoms with van der Waals surface area (Å²) in [6.07, 6.45) is 18.3. The van der Waals surface area contributed by atoms with Crippen molar-refractivity contribution in [1.29, 1.82) is 0 Å². The zero-order valence-electron chi connectivity index (χ0n) is 21.8. The summed E-state index contributed by atoms with van der Waals surface area (Å²) in [6, 6.07) is 18.6. The lowest BCUT2D eigenvalue weighted by atomic mass is 9.83. The molecule has 8 rings (SSSR count). The molecule has 5 aromatic rings. The molecule has 0 aliphatic heterocycles. The van der Waals surface area contributed by atoms with Crippen molar-refractivity contribution in [1.82, 2.24) is 0 Å². The predicted molar refractivity (Wildman–Crippen MR) is 161 cm³/mol. The second-order valence-electron chi connectivity index (χ2n) is 10.6. The number of fused-ring (bicyclic) bond motifs is 4. The Morgan fingerprint density at radius 1 is 0.675 bits per heavy atom. The third kappa shape index (κ3) is 3.92. The Bertz CT molecular complexity index is 1950. The second-order valence-corrected chi connectivity index (χ2v) is 10.6. The largest absolute Gasteiger partial charge is 0.478 e. The van der Waals surface area contributed by atoms with Gasteiger partial charge in [-0.15, -0.1) is 0 Å². The number of benzene rings is 5. The zero-order valence-corrected chi connectivity index (χ0v) is 21.8. The molecular weight excluding hydrogens is 496 g/mol. The number of rotatable bonds is 2. The van der Waals surface area contributed by atoms with Gasteiger partial charge in [0.1, 0.15) is 0 Å². The van der Waals surface area contributed by atoms with Crippen LogP contribution in [-0.4, -0.2) is 22.2 Å². The van der Waals surface area contributed by atoms with Gasteiger partial charge in [-0.05, 0) is 115 Å². The van der Waals surface area contributed by atoms with Crippen molar-refractivity contribution in [3.05, 3.63) is 129 Å². The van der Waals surface area contributed by atoms with E-state index in [1.807, 2.05) is 24.3 Å². The number of aromatic carboxylic acids is 2. The second kappa shape index (κ2) is 9.35. The first-order chi connectivity index (χ1) is 19.5. The van der Waals surface area contributed by atoms with E-state index in [2.05, 4.69) is 48.6 Å². The van der Waals surface area contributed by atoms with Gasteiger partial charge in [-0.25, -0.2) is 9.59 Å². The SMILES string of the molecule is C1=CCc2c3c(ccc2=C1)=C1CCC=CC1=CC3.O=C(O)c1cc2ccc3cc(C(=O)O)cc4ccc(c1)c2c34. The molecule has 5 aromatic carbocycles. The number of carboxylic acids is 2. The lowest BCUT2D eigenvalue weighted by Crippen LogP contribution is -2.26. The van der Waals surface area contributed by atoms with E-state index in [9.17, 15) is 19.8 Å². The minimum atomic E-state index is -0.960. The molecule has 2 N–H and O–H groups in total. The smallest absolute Gasteiger partial charge is 0.335 e. The Morgan fingerprint density at radius 3 is 1.85 bits per heavy atom. The van der Waals surface area contributed by atoms with Crippen LogP contribution in [0.5, 0.6) is 0 Å². The van der Waals surface area contributed by atoms with E-state index >= 15 is 0 Å². The van der Waals surface area contributed by atoms with E-state index in [0.717, 1.165) is 45.2 Å². The van der Waals surface area contributed by atoms with Crippen LogP contribution in [0.2, 0.25) is 0 Å². The summed E-state index contributed by atoms with van der Waals surface area (Å²) in [6.45, 7) is 0. The van der Waals surface area contributed by atoms with Crippen molar-refractivity contribution in [2.45, 2.75) is 25.7 Å². The molecule has 3 aliphatic rings. The van der Waals surface area contributed by atoms with Crippen LogP contribution in [-0.2, 0) is 12.8 Å². The highest BCUT2D eigenvalue weighted by Crippen LogP contribution is 2.36. The maximum absolute atomic E-state index is 11.2. The van der Waals surface area contributed by atoms with Crippen LogP contribution in [0.3, 0.4) is 0 Å². The molecule has 0 atom stereocenters. The molecule has 40 heavy (non-hydrogen) atoms. The van der Waals surface area contributed by atoms with Crippen molar-refractivity contribution in [2.75, 3.05) is 0 Å². The molecule has 0 fully saturated rings. The highest BCUT2D eigenvalue weighted by Gasteiger charge is 2.17. The Balaban J connectivity index is 0.000000135. The van der Waals surface area contributed by atoms with Gasteiger partial charge in [0, 0.05) is 0 Å². The molecular formula is C36H26O4. The van der Waals surface area contributed by atoms with Gasteiger partial charge in [0.25, 0.3) is 0 Å². The van der Waals surface area contributed by atoms with E-state index in [4.69, 9.17) is 0 Å². The lowest BCUT2D eigenvalue weighted by molar-refractivity contribution is 0.0686. The molecule has 0 bridgehead atoms. The number of hydrogen-bond acceptors (Lipinski definition) is 2. The molecule has 4 heteroatoms. The maximum atomic E-state index is 11.2. The van der Waals surface area contributed by atoms with Gasteiger partial charge in [-0.2, -0.15) is 0 Å². The van der Waals surface area contributed by atoms with Gasteiger partial charge >= 0.3 is 11.9 Å². The third-order valence-corrected chi connectivity index (χ3v) is 8.29. The van der Waals surface area contributed by atoms with Crippen LogP contribution < -0.4 is 10.4 Å². The summed E-state index contributed by atoms with van der Waals surface area (Å²) < 4.78 is 0. The van der Waals surface area contributed by atoms with E-state index < -0.39 is 11.9 Å². The van der Waals surface area contributed by atoms with Crippen molar-refractivity contribution < 1.29 is 19.8 Å². The molecule has 3 aliphatic carbocycles. The summed E-state index contributed by atoms with van der Waals surface area (Å²) in [5.74, 6) is -1.92. The third-order valence-electron chi connectivity index (χ3n) is 8.29. The molecule has 0 unspecified atom stereocenters. The Morgan fingerprint density at radius 2 is 1.27 bits per heavy atom. The molecule has 0 saturated carbocycles. The quantitative estimate of drug-likeness (QED) is 0.258. The monoisotopic (exact) mass is 522 g/mol. The Hall–Kier alpha value is -4.96. The lowest BCUT2D eigenvalue weighted by Gasteiger charge is -2.21. The zero-order chi connectivity index (χ0) is 27.4. The minimum absolute atomic E-state index is 0.247. The molecule has 0 saturated heterocycles. The van der Waals surface area contributed by atoms with Crippen molar-refractivity contribution in [2.24, 2.45) is 0 Å².